The third-order valence-corrected chi connectivity index (χ3v) is 8.65. The first-order valence-corrected chi connectivity index (χ1v) is 19.7. The molecule has 1 heterocycles. The summed E-state index contributed by atoms with van der Waals surface area (Å²) in [5.41, 5.74) is 49.7. The predicted molar refractivity (Wildman–Crippen MR) is 251 cm³/mol. The van der Waals surface area contributed by atoms with Crippen LogP contribution in [0.5, 0.6) is 0 Å². The molecule has 0 fully saturated rings. The minimum Gasteiger partial charge on any atom is -0.370 e. The number of rotatable bonds is 25. The smallest absolute Gasteiger partial charge is 0.318 e. The first-order valence-electron chi connectivity index (χ1n) is 19.7. The maximum Gasteiger partial charge on any atom is 0.318 e. The first-order chi connectivity index (χ1) is 33.9. The second-order valence-electron chi connectivity index (χ2n) is 13.9. The number of aliphatic imine (C=N–C) groups is 4. The fourth-order valence-corrected chi connectivity index (χ4v) is 5.61. The highest BCUT2D eigenvalue weighted by molar-refractivity contribution is 5.99. The van der Waals surface area contributed by atoms with Crippen LogP contribution < -0.4 is 88.6 Å². The van der Waals surface area contributed by atoms with Crippen molar-refractivity contribution in [2.24, 2.45) is 71.6 Å². The topological polar surface area (TPSA) is 610 Å². The lowest BCUT2D eigenvalue weighted by Crippen LogP contribution is -2.58. The number of pyridine rings is 1. The van der Waals surface area contributed by atoms with Crippen molar-refractivity contribution in [1.29, 1.82) is 0 Å². The Morgan fingerprint density at radius 1 is 0.667 bits per heavy atom. The number of amides is 6. The number of aliphatic hydroxyl groups excluding tert-OH is 1. The number of hydrogen-bond acceptors (Lipinski definition) is 20. The third-order valence-electron chi connectivity index (χ3n) is 8.65. The SMILES string of the molecule is NC(=O)C(N=C(N)N)NC(=O)C(N=C(N)N)NC(=O)C(N=C(N)N)NC(=O)C(N=C(N)N)NC(=O)C(NC(=O)C(O)N(CC=Cc1ccc(NOO)cc1)c1ncc([N+](=O)[O-])cc1[N+](=O)[O-])c1ccccc1. The summed E-state index contributed by atoms with van der Waals surface area (Å²) < 4.78 is 0. The molecule has 36 nitrogen and oxygen atoms in total. The van der Waals surface area contributed by atoms with E-state index in [1.54, 1.807) is 0 Å². The van der Waals surface area contributed by atoms with E-state index in [1.807, 2.05) is 16.0 Å². The maximum atomic E-state index is 14.2. The Hall–Kier alpha value is -10.5. The van der Waals surface area contributed by atoms with Crippen molar-refractivity contribution in [2.75, 3.05) is 16.9 Å². The first kappa shape index (κ1) is 55.8. The van der Waals surface area contributed by atoms with Gasteiger partial charge in [-0.05, 0) is 23.3 Å². The van der Waals surface area contributed by atoms with Crippen molar-refractivity contribution in [3.63, 3.8) is 0 Å². The molecule has 0 spiro atoms. The van der Waals surface area contributed by atoms with Gasteiger partial charge in [0.25, 0.3) is 35.2 Å². The van der Waals surface area contributed by atoms with Crippen LogP contribution in [-0.2, 0) is 33.8 Å². The minimum absolute atomic E-state index is 0.0324. The fourth-order valence-electron chi connectivity index (χ4n) is 5.61. The Labute approximate surface area is 403 Å². The standard InChI is InChI=1S/C36H47N23O13/c37-21(60)22(52-33(38)39)48-28(62)24(54-35(42)43)50-30(64)25(55-36(44)45)51-29(63)23(53-34(40)41)49-27(61)20(16-6-2-1-3-7-16)47-31(65)32(66)57(12-4-5-15-8-10-17(11-9-15)56-72-71)26-19(59(69)70)13-18(14-46-26)58(67)68/h1-11,13-14,20,22-25,32,56,66,71H,12H2,(H2,37,60)(H,47,65)(H,48,62)(H,49,61)(H,50,64)(H,51,63)(H4,38,39,52)(H4,40,41,53)(H4,42,43,54)(H4,44,45,55). The molecule has 0 radical (unpaired) electrons. The van der Waals surface area contributed by atoms with Crippen LogP contribution in [0.1, 0.15) is 17.2 Å². The van der Waals surface area contributed by atoms with Crippen LogP contribution in [0.15, 0.2) is 92.9 Å². The van der Waals surface area contributed by atoms with E-state index in [0.29, 0.717) is 28.4 Å². The van der Waals surface area contributed by atoms with E-state index >= 15 is 0 Å². The van der Waals surface area contributed by atoms with Gasteiger partial charge < -0.3 is 88.2 Å². The van der Waals surface area contributed by atoms with Gasteiger partial charge in [-0.1, -0.05) is 54.6 Å². The van der Waals surface area contributed by atoms with Crippen LogP contribution in [0.2, 0.25) is 0 Å². The molecule has 6 atom stereocenters. The fraction of sp³-hybridized carbons (Fsp3) is 0.194. The monoisotopic (exact) mass is 1010 g/mol. The quantitative estimate of drug-likeness (QED) is 0.00936. The Kier molecular flexibility index (Phi) is 20.3. The van der Waals surface area contributed by atoms with Crippen LogP contribution in [0.4, 0.5) is 22.9 Å². The zero-order valence-corrected chi connectivity index (χ0v) is 36.8. The van der Waals surface area contributed by atoms with E-state index in [9.17, 15) is 54.1 Å². The number of nitro groups is 2. The van der Waals surface area contributed by atoms with Crippen molar-refractivity contribution in [3.05, 3.63) is 104 Å². The third kappa shape index (κ3) is 17.0. The van der Waals surface area contributed by atoms with Gasteiger partial charge in [0, 0.05) is 6.54 Å². The van der Waals surface area contributed by atoms with Gasteiger partial charge in [-0.15, -0.1) is 4.99 Å². The highest BCUT2D eigenvalue weighted by Gasteiger charge is 2.36. The van der Waals surface area contributed by atoms with Gasteiger partial charge in [-0.2, -0.15) is 0 Å². The number of benzene rings is 2. The molecule has 0 bridgehead atoms. The van der Waals surface area contributed by atoms with Crippen LogP contribution >= 0.6 is 0 Å². The molecular weight excluding hydrogens is 963 g/mol. The van der Waals surface area contributed by atoms with E-state index in [4.69, 9.17) is 56.9 Å². The molecule has 72 heavy (non-hydrogen) atoms. The number of guanidine groups is 4. The molecule has 0 saturated heterocycles. The summed E-state index contributed by atoms with van der Waals surface area (Å²) in [6, 6.07) is 11.6. The largest absolute Gasteiger partial charge is 0.370 e. The highest BCUT2D eigenvalue weighted by Crippen LogP contribution is 2.31. The average molecular weight is 1010 g/mol. The molecule has 2 aromatic carbocycles. The van der Waals surface area contributed by atoms with Gasteiger partial charge in [0.1, 0.15) is 12.2 Å². The summed E-state index contributed by atoms with van der Waals surface area (Å²) in [6.07, 6.45) is -7.61. The Bertz CT molecular complexity index is 2630. The zero-order valence-electron chi connectivity index (χ0n) is 36.8. The molecule has 6 amide bonds. The number of nitrogens with one attached hydrogen (secondary N) is 6. The van der Waals surface area contributed by atoms with E-state index in [2.05, 4.69) is 46.1 Å². The summed E-state index contributed by atoms with van der Waals surface area (Å²) >= 11 is 0. The number of nitrogens with two attached hydrogens (primary N) is 9. The van der Waals surface area contributed by atoms with Gasteiger partial charge in [0.05, 0.1) is 21.6 Å². The van der Waals surface area contributed by atoms with Crippen LogP contribution in [0.3, 0.4) is 0 Å². The van der Waals surface area contributed by atoms with Crippen molar-refractivity contribution in [1.82, 2.24) is 31.6 Å². The number of carbonyl (C=O) groups is 6. The predicted octanol–water partition coefficient (Wildman–Crippen LogP) is -7.24. The molecule has 384 valence electrons. The molecule has 0 aliphatic carbocycles. The van der Waals surface area contributed by atoms with Gasteiger partial charge in [-0.3, -0.25) is 49.0 Å². The van der Waals surface area contributed by atoms with Crippen molar-refractivity contribution < 1.29 is 54.0 Å². The van der Waals surface area contributed by atoms with Crippen molar-refractivity contribution >= 4 is 88.2 Å². The van der Waals surface area contributed by atoms with E-state index in [-0.39, 0.29) is 5.56 Å². The van der Waals surface area contributed by atoms with Gasteiger partial charge in [0.15, 0.2) is 23.8 Å². The van der Waals surface area contributed by atoms with Crippen LogP contribution in [0.25, 0.3) is 6.08 Å². The van der Waals surface area contributed by atoms with Crippen molar-refractivity contribution in [2.45, 2.75) is 36.9 Å². The van der Waals surface area contributed by atoms with Gasteiger partial charge in [-0.25, -0.2) is 35.7 Å². The molecule has 26 N–H and O–H groups in total. The number of primary amides is 1. The minimum atomic E-state index is -2.48. The normalized spacial score (nSPS) is 13.1. The second-order valence-corrected chi connectivity index (χ2v) is 13.9. The molecule has 3 aromatic rings. The molecule has 0 aliphatic heterocycles. The number of aliphatic hydroxyl groups is 1. The zero-order chi connectivity index (χ0) is 53.8. The van der Waals surface area contributed by atoms with Crippen molar-refractivity contribution in [3.8, 4) is 0 Å². The Morgan fingerprint density at radius 3 is 1.58 bits per heavy atom. The van der Waals surface area contributed by atoms with Crippen LogP contribution in [-0.4, -0.2) is 122 Å². The lowest BCUT2D eigenvalue weighted by Gasteiger charge is -2.29. The Balaban J connectivity index is 2.01. The lowest BCUT2D eigenvalue weighted by atomic mass is 10.1. The number of carbonyl (C=O) groups excluding carboxylic acids is 6. The maximum absolute atomic E-state index is 14.2. The molecule has 6 unspecified atom stereocenters. The highest BCUT2D eigenvalue weighted by atomic mass is 17.2. The summed E-state index contributed by atoms with van der Waals surface area (Å²) in [5.74, 6) is -12.3. The summed E-state index contributed by atoms with van der Waals surface area (Å²) in [5, 5.41) is 54.2. The van der Waals surface area contributed by atoms with E-state index in [0.717, 1.165) is 0 Å². The van der Waals surface area contributed by atoms with Crippen LogP contribution in [0, 0.1) is 20.2 Å². The second kappa shape index (κ2) is 26.2. The molecule has 36 heteroatoms. The number of nitrogens with zero attached hydrogens (tertiary/aromatic N) is 8. The van der Waals surface area contributed by atoms with Gasteiger partial charge in [0.2, 0.25) is 42.6 Å². The molecule has 0 aliphatic rings. The van der Waals surface area contributed by atoms with E-state index < -0.39 is 130 Å². The number of aromatic nitrogens is 1. The average Bonchev–Trinajstić information content (AvgIpc) is 3.30. The lowest BCUT2D eigenvalue weighted by molar-refractivity contribution is -0.394. The van der Waals surface area contributed by atoms with Gasteiger partial charge >= 0.3 is 5.69 Å². The number of anilines is 2. The molecule has 0 saturated carbocycles. The Morgan fingerprint density at radius 2 is 1.14 bits per heavy atom. The molecule has 1 aromatic heterocycles. The molecular formula is C36H47N23O13. The summed E-state index contributed by atoms with van der Waals surface area (Å²) in [6.45, 7) is -0.567. The summed E-state index contributed by atoms with van der Waals surface area (Å²) in [4.78, 5) is 125. The number of hydrogen-bond donors (Lipinski definition) is 17. The van der Waals surface area contributed by atoms with E-state index in [1.165, 1.54) is 66.7 Å². The molecule has 3 rings (SSSR count). The summed E-state index contributed by atoms with van der Waals surface area (Å²) in [7, 11) is 0.